The van der Waals surface area contributed by atoms with Gasteiger partial charge in [-0.1, -0.05) is 13.8 Å². The first-order valence-electron chi connectivity index (χ1n) is 8.74. The molecule has 2 saturated heterocycles. The third-order valence-electron chi connectivity index (χ3n) is 4.45. The average Bonchev–Trinajstić information content (AvgIpc) is 2.89. The van der Waals surface area contributed by atoms with E-state index in [2.05, 4.69) is 33.6 Å². The predicted molar refractivity (Wildman–Crippen MR) is 104 cm³/mol. The van der Waals surface area contributed by atoms with Gasteiger partial charge in [-0.3, -0.25) is 0 Å². The van der Waals surface area contributed by atoms with Crippen molar-refractivity contribution in [2.24, 2.45) is 11.8 Å². The maximum absolute atomic E-state index is 14.8. The van der Waals surface area contributed by atoms with Crippen molar-refractivity contribution in [3.05, 3.63) is 11.5 Å². The zero-order chi connectivity index (χ0) is 17.1. The van der Waals surface area contributed by atoms with Gasteiger partial charge in [0.05, 0.1) is 5.69 Å². The van der Waals surface area contributed by atoms with Crippen molar-refractivity contribution < 1.29 is 4.39 Å². The Morgan fingerprint density at radius 2 is 1.54 bits per heavy atom. The molecule has 2 aliphatic heterocycles. The molecule has 0 aromatic carbocycles. The molecular weight excluding hydrogens is 343 g/mol. The highest BCUT2D eigenvalue weighted by Gasteiger charge is 2.24. The minimum atomic E-state index is -0.255. The van der Waals surface area contributed by atoms with Gasteiger partial charge in [0, 0.05) is 37.7 Å². The van der Waals surface area contributed by atoms with Crippen LogP contribution in [0.25, 0.3) is 0 Å². The number of nitrogens with zero attached hydrogens (tertiary/aromatic N) is 4. The highest BCUT2D eigenvalue weighted by molar-refractivity contribution is 7.99. The highest BCUT2D eigenvalue weighted by atomic mass is 32.2. The summed E-state index contributed by atoms with van der Waals surface area (Å²) in [5.41, 5.74) is 0.462. The van der Waals surface area contributed by atoms with Crippen LogP contribution in [-0.4, -0.2) is 59.2 Å². The Balaban J connectivity index is 1.90. The van der Waals surface area contributed by atoms with Crippen molar-refractivity contribution in [1.29, 1.82) is 0 Å². The number of halogens is 1. The van der Waals surface area contributed by atoms with Crippen molar-refractivity contribution in [2.45, 2.75) is 20.8 Å². The van der Waals surface area contributed by atoms with Crippen LogP contribution in [0.5, 0.6) is 0 Å². The molecule has 3 heterocycles. The fraction of sp³-hybridized carbons (Fsp3) is 0.765. The normalized spacial score (nSPS) is 26.2. The molecule has 0 radical (unpaired) electrons. The molecule has 0 spiro atoms. The van der Waals surface area contributed by atoms with E-state index in [1.165, 1.54) is 5.75 Å². The fourth-order valence-electron chi connectivity index (χ4n) is 3.21. The van der Waals surface area contributed by atoms with Crippen LogP contribution in [-0.2, 0) is 0 Å². The van der Waals surface area contributed by atoms with E-state index >= 15 is 0 Å². The zero-order valence-electron chi connectivity index (χ0n) is 14.8. The lowest BCUT2D eigenvalue weighted by molar-refractivity contribution is 0.569. The first kappa shape index (κ1) is 18.1. The lowest BCUT2D eigenvalue weighted by atomic mass is 10.2. The second-order valence-corrected chi connectivity index (χ2v) is 9.30. The SMILES string of the molecule is Cc1nc(N2CCSCC(C)C2)nc(N2CCSCC(C)C2)c1F. The molecule has 2 fully saturated rings. The highest BCUT2D eigenvalue weighted by Crippen LogP contribution is 2.27. The average molecular weight is 371 g/mol. The Hall–Kier alpha value is -0.690. The third-order valence-corrected chi connectivity index (χ3v) is 7.00. The van der Waals surface area contributed by atoms with E-state index in [4.69, 9.17) is 0 Å². The summed E-state index contributed by atoms with van der Waals surface area (Å²) in [6.07, 6.45) is 0. The molecule has 0 amide bonds. The van der Waals surface area contributed by atoms with Gasteiger partial charge in [0.15, 0.2) is 11.6 Å². The number of hydrogen-bond acceptors (Lipinski definition) is 6. The Morgan fingerprint density at radius 1 is 0.958 bits per heavy atom. The van der Waals surface area contributed by atoms with Gasteiger partial charge in [-0.15, -0.1) is 0 Å². The summed E-state index contributed by atoms with van der Waals surface area (Å²) in [7, 11) is 0. The van der Waals surface area contributed by atoms with E-state index in [9.17, 15) is 4.39 Å². The molecule has 4 nitrogen and oxygen atoms in total. The molecule has 2 aliphatic rings. The lowest BCUT2D eigenvalue weighted by Crippen LogP contribution is -2.34. The minimum Gasteiger partial charge on any atom is -0.353 e. The molecule has 7 heteroatoms. The third kappa shape index (κ3) is 4.28. The lowest BCUT2D eigenvalue weighted by Gasteiger charge is -2.27. The van der Waals surface area contributed by atoms with E-state index in [1.807, 2.05) is 23.5 Å². The molecular formula is C17H27FN4S2. The second kappa shape index (κ2) is 8.13. The minimum absolute atomic E-state index is 0.255. The van der Waals surface area contributed by atoms with Gasteiger partial charge in [-0.2, -0.15) is 28.5 Å². The van der Waals surface area contributed by atoms with Crippen molar-refractivity contribution in [3.8, 4) is 0 Å². The Morgan fingerprint density at radius 3 is 2.21 bits per heavy atom. The molecule has 0 N–H and O–H groups in total. The number of anilines is 2. The van der Waals surface area contributed by atoms with Gasteiger partial charge in [0.1, 0.15) is 0 Å². The van der Waals surface area contributed by atoms with Gasteiger partial charge in [-0.05, 0) is 30.3 Å². The standard InChI is InChI=1S/C17H27FN4S2/c1-12-8-21(4-6-23-10-12)16-15(18)14(3)19-17(20-16)22-5-7-24-11-13(2)9-22/h12-13H,4-11H2,1-3H3. The van der Waals surface area contributed by atoms with Gasteiger partial charge < -0.3 is 9.80 Å². The fourth-order valence-corrected chi connectivity index (χ4v) is 5.26. The van der Waals surface area contributed by atoms with E-state index in [-0.39, 0.29) is 5.82 Å². The van der Waals surface area contributed by atoms with Crippen LogP contribution in [0.15, 0.2) is 0 Å². The summed E-state index contributed by atoms with van der Waals surface area (Å²) in [6, 6.07) is 0. The number of hydrogen-bond donors (Lipinski definition) is 0. The topological polar surface area (TPSA) is 32.3 Å². The van der Waals surface area contributed by atoms with E-state index in [0.717, 1.165) is 43.4 Å². The van der Waals surface area contributed by atoms with Crippen LogP contribution in [0, 0.1) is 24.6 Å². The van der Waals surface area contributed by atoms with Crippen molar-refractivity contribution >= 4 is 35.3 Å². The molecule has 134 valence electrons. The Bertz CT molecular complexity index is 572. The van der Waals surface area contributed by atoms with E-state index in [1.54, 1.807) is 6.92 Å². The maximum Gasteiger partial charge on any atom is 0.227 e. The maximum atomic E-state index is 14.8. The van der Waals surface area contributed by atoms with Crippen LogP contribution in [0.2, 0.25) is 0 Å². The number of rotatable bonds is 2. The molecule has 0 saturated carbocycles. The molecule has 0 bridgehead atoms. The molecule has 0 aliphatic carbocycles. The van der Waals surface area contributed by atoms with Gasteiger partial charge >= 0.3 is 0 Å². The van der Waals surface area contributed by atoms with Gasteiger partial charge in [0.25, 0.3) is 0 Å². The number of aromatic nitrogens is 2. The predicted octanol–water partition coefficient (Wildman–Crippen LogP) is 3.30. The van der Waals surface area contributed by atoms with Crippen molar-refractivity contribution in [2.75, 3.05) is 59.0 Å². The molecule has 2 atom stereocenters. The Kier molecular flexibility index (Phi) is 6.13. The Labute approximate surface area is 153 Å². The van der Waals surface area contributed by atoms with Gasteiger partial charge in [0.2, 0.25) is 5.95 Å². The summed E-state index contributed by atoms with van der Waals surface area (Å²) in [5, 5.41) is 0. The number of thioether (sulfide) groups is 2. The smallest absolute Gasteiger partial charge is 0.227 e. The zero-order valence-corrected chi connectivity index (χ0v) is 16.4. The first-order chi connectivity index (χ1) is 11.5. The molecule has 1 aromatic rings. The molecule has 24 heavy (non-hydrogen) atoms. The first-order valence-corrected chi connectivity index (χ1v) is 11.0. The summed E-state index contributed by atoms with van der Waals surface area (Å²) >= 11 is 3.93. The molecule has 1 aromatic heterocycles. The van der Waals surface area contributed by atoms with Gasteiger partial charge in [-0.25, -0.2) is 9.37 Å². The summed E-state index contributed by atoms with van der Waals surface area (Å²) in [4.78, 5) is 13.5. The van der Waals surface area contributed by atoms with Crippen molar-refractivity contribution in [1.82, 2.24) is 9.97 Å². The molecule has 2 unspecified atom stereocenters. The van der Waals surface area contributed by atoms with E-state index < -0.39 is 0 Å². The monoisotopic (exact) mass is 370 g/mol. The van der Waals surface area contributed by atoms with Crippen LogP contribution >= 0.6 is 23.5 Å². The number of aryl methyl sites for hydroxylation is 1. The van der Waals surface area contributed by atoms with E-state index in [0.29, 0.717) is 29.3 Å². The largest absolute Gasteiger partial charge is 0.353 e. The molecule has 3 rings (SSSR count). The van der Waals surface area contributed by atoms with Crippen LogP contribution in [0.1, 0.15) is 19.5 Å². The second-order valence-electron chi connectivity index (χ2n) is 7.00. The summed E-state index contributed by atoms with van der Waals surface area (Å²) in [6.45, 7) is 9.86. The summed E-state index contributed by atoms with van der Waals surface area (Å²) in [5.74, 6) is 6.50. The quantitative estimate of drug-likeness (QED) is 0.794. The van der Waals surface area contributed by atoms with Crippen molar-refractivity contribution in [3.63, 3.8) is 0 Å². The summed E-state index contributed by atoms with van der Waals surface area (Å²) < 4.78 is 14.8. The van der Waals surface area contributed by atoms with Crippen LogP contribution in [0.3, 0.4) is 0 Å². The van der Waals surface area contributed by atoms with Crippen LogP contribution < -0.4 is 9.80 Å². The van der Waals surface area contributed by atoms with Crippen LogP contribution in [0.4, 0.5) is 16.2 Å².